The van der Waals surface area contributed by atoms with Gasteiger partial charge in [-0.1, -0.05) is 84.9 Å². The molecule has 0 unspecified atom stereocenters. The molecule has 1 aliphatic carbocycles. The molecule has 1 aliphatic rings. The summed E-state index contributed by atoms with van der Waals surface area (Å²) in [5.74, 6) is 0. The van der Waals surface area contributed by atoms with Crippen LogP contribution in [0.25, 0.3) is 17.2 Å². The molecule has 0 amide bonds. The molecule has 0 saturated heterocycles. The fraction of sp³-hybridized carbons (Fsp3) is 0.0909. The highest BCUT2D eigenvalue weighted by Gasteiger charge is 2.19. The van der Waals surface area contributed by atoms with Gasteiger partial charge in [0.15, 0.2) is 0 Å². The van der Waals surface area contributed by atoms with E-state index < -0.39 is 0 Å². The van der Waals surface area contributed by atoms with Crippen molar-refractivity contribution in [2.24, 2.45) is 0 Å². The van der Waals surface area contributed by atoms with Gasteiger partial charge in [-0.2, -0.15) is 0 Å². The predicted molar refractivity (Wildman–Crippen MR) is 93.9 cm³/mol. The normalized spacial score (nSPS) is 12.4. The zero-order chi connectivity index (χ0) is 14.8. The fourth-order valence-corrected chi connectivity index (χ4v) is 3.30. The Hall–Kier alpha value is -2.60. The number of benzene rings is 3. The molecule has 0 saturated carbocycles. The third-order valence-electron chi connectivity index (χ3n) is 4.40. The van der Waals surface area contributed by atoms with E-state index in [1.807, 2.05) is 0 Å². The quantitative estimate of drug-likeness (QED) is 0.464. The predicted octanol–water partition coefficient (Wildman–Crippen LogP) is 5.51. The minimum absolute atomic E-state index is 0.992. The Balaban J connectivity index is 1.61. The maximum atomic E-state index is 2.27. The van der Waals surface area contributed by atoms with Gasteiger partial charge in [0.2, 0.25) is 0 Å². The van der Waals surface area contributed by atoms with Crippen LogP contribution in [-0.2, 0) is 12.8 Å². The third-order valence-corrected chi connectivity index (χ3v) is 4.40. The lowest BCUT2D eigenvalue weighted by molar-refractivity contribution is 1.16. The van der Waals surface area contributed by atoms with Crippen LogP contribution >= 0.6 is 0 Å². The first kappa shape index (κ1) is 13.1. The first-order chi connectivity index (χ1) is 10.9. The van der Waals surface area contributed by atoms with Gasteiger partial charge in [0.1, 0.15) is 0 Å². The summed E-state index contributed by atoms with van der Waals surface area (Å²) in [4.78, 5) is 0. The molecule has 4 rings (SSSR count). The molecule has 0 atom stereocenters. The van der Waals surface area contributed by atoms with Crippen LogP contribution in [0.3, 0.4) is 0 Å². The summed E-state index contributed by atoms with van der Waals surface area (Å²) in [6.45, 7) is 0. The van der Waals surface area contributed by atoms with E-state index in [9.17, 15) is 0 Å². The van der Waals surface area contributed by atoms with Gasteiger partial charge in [-0.3, -0.25) is 0 Å². The summed E-state index contributed by atoms with van der Waals surface area (Å²) in [6.07, 6.45) is 6.54. The summed E-state index contributed by atoms with van der Waals surface area (Å²) >= 11 is 0. The van der Waals surface area contributed by atoms with E-state index >= 15 is 0 Å². The van der Waals surface area contributed by atoms with Gasteiger partial charge < -0.3 is 0 Å². The molecule has 106 valence electrons. The second-order valence-corrected chi connectivity index (χ2v) is 5.79. The van der Waals surface area contributed by atoms with Gasteiger partial charge in [-0.15, -0.1) is 0 Å². The van der Waals surface area contributed by atoms with Gasteiger partial charge >= 0.3 is 0 Å². The van der Waals surface area contributed by atoms with Crippen LogP contribution in [0.1, 0.15) is 22.3 Å². The molecule has 0 nitrogen and oxygen atoms in total. The third kappa shape index (κ3) is 2.37. The van der Waals surface area contributed by atoms with Crippen LogP contribution in [0.5, 0.6) is 0 Å². The van der Waals surface area contributed by atoms with Crippen LogP contribution in [-0.4, -0.2) is 0 Å². The number of fused-ring (bicyclic) bond motifs is 3. The Morgan fingerprint density at radius 2 is 1.50 bits per heavy atom. The van der Waals surface area contributed by atoms with E-state index in [0.29, 0.717) is 0 Å². The maximum absolute atomic E-state index is 2.27. The first-order valence-corrected chi connectivity index (χ1v) is 7.82. The maximum Gasteiger partial charge on any atom is -0.00106 e. The van der Waals surface area contributed by atoms with Crippen molar-refractivity contribution in [3.8, 4) is 11.1 Å². The molecular weight excluding hydrogens is 264 g/mol. The number of hydrogen-bond acceptors (Lipinski definition) is 0. The van der Waals surface area contributed by atoms with E-state index in [1.54, 1.807) is 0 Å². The zero-order valence-electron chi connectivity index (χ0n) is 12.5. The highest BCUT2D eigenvalue weighted by molar-refractivity contribution is 5.78. The second-order valence-electron chi connectivity index (χ2n) is 5.79. The standard InChI is InChI=1S/C22H18/c1-2-8-17(9-3-1)10-6-12-18-13-7-15-21-20-14-5-4-11-19(20)16-22(18)21/h1-11,13-15H,12,16H2/b10-6+. The van der Waals surface area contributed by atoms with Gasteiger partial charge in [0.05, 0.1) is 0 Å². The molecule has 22 heavy (non-hydrogen) atoms. The van der Waals surface area contributed by atoms with Crippen molar-refractivity contribution in [2.45, 2.75) is 12.8 Å². The van der Waals surface area contributed by atoms with Crippen molar-refractivity contribution in [1.82, 2.24) is 0 Å². The number of rotatable bonds is 3. The molecule has 0 bridgehead atoms. The molecule has 0 heterocycles. The zero-order valence-corrected chi connectivity index (χ0v) is 12.5. The van der Waals surface area contributed by atoms with E-state index in [1.165, 1.54) is 33.4 Å². The van der Waals surface area contributed by atoms with Crippen LogP contribution in [0.15, 0.2) is 78.9 Å². The van der Waals surface area contributed by atoms with E-state index in [0.717, 1.165) is 12.8 Å². The number of hydrogen-bond donors (Lipinski definition) is 0. The summed E-state index contributed by atoms with van der Waals surface area (Å²) in [5, 5.41) is 0. The van der Waals surface area contributed by atoms with Crippen molar-refractivity contribution < 1.29 is 0 Å². The van der Waals surface area contributed by atoms with Crippen molar-refractivity contribution in [2.75, 3.05) is 0 Å². The molecule has 3 aromatic rings. The van der Waals surface area contributed by atoms with Gasteiger partial charge in [-0.25, -0.2) is 0 Å². The van der Waals surface area contributed by atoms with E-state index in [-0.39, 0.29) is 0 Å². The summed E-state index contributed by atoms with van der Waals surface area (Å²) in [7, 11) is 0. The molecule has 0 N–H and O–H groups in total. The van der Waals surface area contributed by atoms with Crippen molar-refractivity contribution >= 4 is 6.08 Å². The van der Waals surface area contributed by atoms with Crippen LogP contribution in [0.2, 0.25) is 0 Å². The summed E-state index contributed by atoms with van der Waals surface area (Å²) in [5.41, 5.74) is 8.49. The van der Waals surface area contributed by atoms with Crippen molar-refractivity contribution in [3.63, 3.8) is 0 Å². The fourth-order valence-electron chi connectivity index (χ4n) is 3.30. The Bertz CT molecular complexity index is 826. The topological polar surface area (TPSA) is 0 Å². The van der Waals surface area contributed by atoms with Crippen LogP contribution in [0, 0.1) is 0 Å². The average molecular weight is 282 g/mol. The van der Waals surface area contributed by atoms with E-state index in [4.69, 9.17) is 0 Å². The Morgan fingerprint density at radius 3 is 2.41 bits per heavy atom. The Labute approximate surface area is 131 Å². The van der Waals surface area contributed by atoms with Gasteiger partial charge in [0, 0.05) is 0 Å². The van der Waals surface area contributed by atoms with E-state index in [2.05, 4.69) is 84.9 Å². The highest BCUT2D eigenvalue weighted by atomic mass is 14.2. The molecule has 3 aromatic carbocycles. The summed E-state index contributed by atoms with van der Waals surface area (Å²) in [6, 6.07) is 26.0. The first-order valence-electron chi connectivity index (χ1n) is 7.82. The smallest absolute Gasteiger partial charge is 0.00106 e. The molecule has 0 heteroatoms. The van der Waals surface area contributed by atoms with Gasteiger partial charge in [0.25, 0.3) is 0 Å². The molecule has 0 spiro atoms. The largest absolute Gasteiger partial charge is 0.0795 e. The Morgan fingerprint density at radius 1 is 0.727 bits per heavy atom. The minimum Gasteiger partial charge on any atom is -0.0795 e. The molecule has 0 aromatic heterocycles. The Kier molecular flexibility index (Phi) is 3.36. The lowest BCUT2D eigenvalue weighted by Crippen LogP contribution is -1.90. The lowest BCUT2D eigenvalue weighted by atomic mass is 9.99. The molecule has 0 fully saturated rings. The van der Waals surface area contributed by atoms with Crippen molar-refractivity contribution in [1.29, 1.82) is 0 Å². The van der Waals surface area contributed by atoms with Crippen LogP contribution < -0.4 is 0 Å². The van der Waals surface area contributed by atoms with Gasteiger partial charge in [-0.05, 0) is 46.2 Å². The average Bonchev–Trinajstić information content (AvgIpc) is 2.96. The summed E-state index contributed by atoms with van der Waals surface area (Å²) < 4.78 is 0. The SMILES string of the molecule is C(=C\c1ccccc1)/Cc1cccc2c1Cc1ccccc1-2. The molecular formula is C22H18. The van der Waals surface area contributed by atoms with Crippen LogP contribution in [0.4, 0.5) is 0 Å². The molecule has 0 radical (unpaired) electrons. The van der Waals surface area contributed by atoms with Crippen molar-refractivity contribution in [3.05, 3.63) is 101 Å². The monoisotopic (exact) mass is 282 g/mol. The lowest BCUT2D eigenvalue weighted by Gasteiger charge is -2.06. The molecule has 0 aliphatic heterocycles. The second kappa shape index (κ2) is 5.65. The number of allylic oxidation sites excluding steroid dienone is 1. The minimum atomic E-state index is 0.992. The highest BCUT2D eigenvalue weighted by Crippen LogP contribution is 2.38.